The molecule has 0 aromatic rings. The molecule has 1 rings (SSSR count). The van der Waals surface area contributed by atoms with E-state index in [1.165, 1.54) is 0 Å². The molecule has 3 heteroatoms. The summed E-state index contributed by atoms with van der Waals surface area (Å²) in [5.74, 6) is 0.287. The second-order valence-corrected chi connectivity index (χ2v) is 6.14. The molecule has 0 bridgehead atoms. The SMILES string of the molecule is CC(C)NC1CCN(C(=O)C(C)(C)C)CC1. The van der Waals surface area contributed by atoms with Crippen LogP contribution in [0.2, 0.25) is 0 Å². The molecule has 0 spiro atoms. The van der Waals surface area contributed by atoms with Crippen LogP contribution in [0.1, 0.15) is 47.5 Å². The number of rotatable bonds is 2. The molecule has 0 aliphatic carbocycles. The number of amides is 1. The van der Waals surface area contributed by atoms with Gasteiger partial charge in [-0.05, 0) is 12.8 Å². The number of piperidine rings is 1. The van der Waals surface area contributed by atoms with Gasteiger partial charge in [-0.1, -0.05) is 34.6 Å². The lowest BCUT2D eigenvalue weighted by Gasteiger charge is -2.36. The number of likely N-dealkylation sites (tertiary alicyclic amines) is 1. The lowest BCUT2D eigenvalue weighted by atomic mass is 9.93. The summed E-state index contributed by atoms with van der Waals surface area (Å²) in [7, 11) is 0. The Kier molecular flexibility index (Phi) is 4.36. The van der Waals surface area contributed by atoms with Gasteiger partial charge in [-0.25, -0.2) is 0 Å². The quantitative estimate of drug-likeness (QED) is 0.781. The number of nitrogens with one attached hydrogen (secondary N) is 1. The Hall–Kier alpha value is -0.570. The first-order valence-corrected chi connectivity index (χ1v) is 6.36. The van der Waals surface area contributed by atoms with Gasteiger partial charge in [0.15, 0.2) is 0 Å². The minimum Gasteiger partial charge on any atom is -0.342 e. The van der Waals surface area contributed by atoms with Crippen molar-refractivity contribution in [3.8, 4) is 0 Å². The van der Waals surface area contributed by atoms with Crippen LogP contribution in [0.5, 0.6) is 0 Å². The molecule has 3 nitrogen and oxygen atoms in total. The highest BCUT2D eigenvalue weighted by molar-refractivity contribution is 5.81. The second-order valence-electron chi connectivity index (χ2n) is 6.14. The zero-order valence-electron chi connectivity index (χ0n) is 11.3. The van der Waals surface area contributed by atoms with Gasteiger partial charge in [-0.3, -0.25) is 4.79 Å². The first-order valence-electron chi connectivity index (χ1n) is 6.36. The monoisotopic (exact) mass is 226 g/mol. The van der Waals surface area contributed by atoms with Crippen molar-refractivity contribution in [2.45, 2.75) is 59.5 Å². The van der Waals surface area contributed by atoms with E-state index in [1.54, 1.807) is 0 Å². The molecular weight excluding hydrogens is 200 g/mol. The highest BCUT2D eigenvalue weighted by Crippen LogP contribution is 2.21. The fraction of sp³-hybridized carbons (Fsp3) is 0.923. The molecule has 0 aromatic carbocycles. The summed E-state index contributed by atoms with van der Waals surface area (Å²) >= 11 is 0. The van der Waals surface area contributed by atoms with Gasteiger partial charge in [0.2, 0.25) is 5.91 Å². The molecule has 1 aliphatic heterocycles. The molecule has 1 aliphatic rings. The van der Waals surface area contributed by atoms with Crippen LogP contribution in [-0.2, 0) is 4.79 Å². The van der Waals surface area contributed by atoms with E-state index in [4.69, 9.17) is 0 Å². The van der Waals surface area contributed by atoms with E-state index < -0.39 is 0 Å². The average Bonchev–Trinajstić information content (AvgIpc) is 2.15. The Balaban J connectivity index is 2.40. The third-order valence-electron chi connectivity index (χ3n) is 2.99. The summed E-state index contributed by atoms with van der Waals surface area (Å²) in [5.41, 5.74) is -0.238. The zero-order valence-corrected chi connectivity index (χ0v) is 11.3. The smallest absolute Gasteiger partial charge is 0.227 e. The molecular formula is C13H26N2O. The molecule has 1 fully saturated rings. The summed E-state index contributed by atoms with van der Waals surface area (Å²) in [6.07, 6.45) is 2.17. The van der Waals surface area contributed by atoms with Crippen LogP contribution in [-0.4, -0.2) is 36.0 Å². The Morgan fingerprint density at radius 3 is 2.12 bits per heavy atom. The lowest BCUT2D eigenvalue weighted by Crippen LogP contribution is -2.49. The molecule has 1 N–H and O–H groups in total. The predicted octanol–water partition coefficient (Wildman–Crippen LogP) is 2.02. The van der Waals surface area contributed by atoms with Crippen molar-refractivity contribution in [3.05, 3.63) is 0 Å². The summed E-state index contributed by atoms with van der Waals surface area (Å²) in [4.78, 5) is 14.1. The predicted molar refractivity (Wildman–Crippen MR) is 67.3 cm³/mol. The molecule has 94 valence electrons. The Morgan fingerprint density at radius 2 is 1.75 bits per heavy atom. The van der Waals surface area contributed by atoms with Gasteiger partial charge < -0.3 is 10.2 Å². The Labute approximate surface area is 99.6 Å². The summed E-state index contributed by atoms with van der Waals surface area (Å²) < 4.78 is 0. The van der Waals surface area contributed by atoms with E-state index in [0.29, 0.717) is 12.1 Å². The Bertz CT molecular complexity index is 235. The van der Waals surface area contributed by atoms with Gasteiger partial charge >= 0.3 is 0 Å². The number of carbonyl (C=O) groups is 1. The van der Waals surface area contributed by atoms with Gasteiger partial charge in [-0.2, -0.15) is 0 Å². The van der Waals surface area contributed by atoms with E-state index in [0.717, 1.165) is 25.9 Å². The van der Waals surface area contributed by atoms with Crippen LogP contribution >= 0.6 is 0 Å². The highest BCUT2D eigenvalue weighted by Gasteiger charge is 2.30. The molecule has 0 aromatic heterocycles. The molecule has 0 atom stereocenters. The van der Waals surface area contributed by atoms with Crippen molar-refractivity contribution < 1.29 is 4.79 Å². The van der Waals surface area contributed by atoms with Crippen molar-refractivity contribution >= 4 is 5.91 Å². The van der Waals surface area contributed by atoms with Gasteiger partial charge in [0.1, 0.15) is 0 Å². The van der Waals surface area contributed by atoms with Crippen LogP contribution in [0.15, 0.2) is 0 Å². The molecule has 1 heterocycles. The van der Waals surface area contributed by atoms with Crippen LogP contribution in [0.3, 0.4) is 0 Å². The van der Waals surface area contributed by atoms with Gasteiger partial charge in [0.05, 0.1) is 0 Å². The number of carbonyl (C=O) groups excluding carboxylic acids is 1. The second kappa shape index (κ2) is 5.17. The van der Waals surface area contributed by atoms with E-state index in [1.807, 2.05) is 25.7 Å². The molecule has 1 saturated heterocycles. The summed E-state index contributed by atoms with van der Waals surface area (Å²) in [5, 5.41) is 3.54. The van der Waals surface area contributed by atoms with Gasteiger partial charge in [0.25, 0.3) is 0 Å². The van der Waals surface area contributed by atoms with E-state index in [2.05, 4.69) is 19.2 Å². The van der Waals surface area contributed by atoms with Crippen molar-refractivity contribution in [2.75, 3.05) is 13.1 Å². The molecule has 16 heavy (non-hydrogen) atoms. The topological polar surface area (TPSA) is 32.3 Å². The maximum absolute atomic E-state index is 12.1. The molecule has 0 unspecified atom stereocenters. The minimum absolute atomic E-state index is 0.238. The lowest BCUT2D eigenvalue weighted by molar-refractivity contribution is -0.140. The molecule has 0 saturated carbocycles. The van der Waals surface area contributed by atoms with Crippen molar-refractivity contribution in [2.24, 2.45) is 5.41 Å². The maximum atomic E-state index is 12.1. The third-order valence-corrected chi connectivity index (χ3v) is 2.99. The Morgan fingerprint density at radius 1 is 1.25 bits per heavy atom. The van der Waals surface area contributed by atoms with Crippen LogP contribution in [0.4, 0.5) is 0 Å². The van der Waals surface area contributed by atoms with E-state index in [-0.39, 0.29) is 11.3 Å². The zero-order chi connectivity index (χ0) is 12.3. The normalized spacial score (nSPS) is 19.2. The molecule has 0 radical (unpaired) electrons. The fourth-order valence-corrected chi connectivity index (χ4v) is 2.19. The summed E-state index contributed by atoms with van der Waals surface area (Å²) in [6.45, 7) is 12.1. The van der Waals surface area contributed by atoms with E-state index >= 15 is 0 Å². The third kappa shape index (κ3) is 3.78. The van der Waals surface area contributed by atoms with Gasteiger partial charge in [0, 0.05) is 30.6 Å². The largest absolute Gasteiger partial charge is 0.342 e. The minimum atomic E-state index is -0.238. The standard InChI is InChI=1S/C13H26N2O/c1-10(2)14-11-6-8-15(9-7-11)12(16)13(3,4)5/h10-11,14H,6-9H2,1-5H3. The van der Waals surface area contributed by atoms with E-state index in [9.17, 15) is 4.79 Å². The first-order chi connectivity index (χ1) is 7.30. The number of hydrogen-bond donors (Lipinski definition) is 1. The fourth-order valence-electron chi connectivity index (χ4n) is 2.19. The number of nitrogens with zero attached hydrogens (tertiary/aromatic N) is 1. The highest BCUT2D eigenvalue weighted by atomic mass is 16.2. The van der Waals surface area contributed by atoms with Gasteiger partial charge in [-0.15, -0.1) is 0 Å². The maximum Gasteiger partial charge on any atom is 0.227 e. The van der Waals surface area contributed by atoms with Crippen LogP contribution < -0.4 is 5.32 Å². The van der Waals surface area contributed by atoms with Crippen LogP contribution in [0.25, 0.3) is 0 Å². The van der Waals surface area contributed by atoms with Crippen molar-refractivity contribution in [1.29, 1.82) is 0 Å². The molecule has 1 amide bonds. The van der Waals surface area contributed by atoms with Crippen LogP contribution in [0, 0.1) is 5.41 Å². The average molecular weight is 226 g/mol. The number of hydrogen-bond acceptors (Lipinski definition) is 2. The first kappa shape index (κ1) is 13.5. The van der Waals surface area contributed by atoms with Crippen molar-refractivity contribution in [3.63, 3.8) is 0 Å². The van der Waals surface area contributed by atoms with Crippen molar-refractivity contribution in [1.82, 2.24) is 10.2 Å². The summed E-state index contributed by atoms with van der Waals surface area (Å²) in [6, 6.07) is 1.12.